The van der Waals surface area contributed by atoms with Crippen molar-refractivity contribution < 1.29 is 4.79 Å². The van der Waals surface area contributed by atoms with Crippen LogP contribution in [0.3, 0.4) is 0 Å². The van der Waals surface area contributed by atoms with E-state index in [0.717, 1.165) is 23.8 Å². The summed E-state index contributed by atoms with van der Waals surface area (Å²) in [7, 11) is 3.90. The van der Waals surface area contributed by atoms with Crippen molar-refractivity contribution in [3.05, 3.63) is 28.7 Å². The zero-order valence-electron chi connectivity index (χ0n) is 14.8. The molecule has 0 bridgehead atoms. The maximum atomic E-state index is 13.0. The van der Waals surface area contributed by atoms with Crippen molar-refractivity contribution in [1.82, 2.24) is 14.8 Å². The Balaban J connectivity index is 2.01. The number of aryl methyl sites for hydroxylation is 1. The Kier molecular flexibility index (Phi) is 3.56. The van der Waals surface area contributed by atoms with E-state index in [1.165, 1.54) is 0 Å². The number of likely N-dealkylation sites (N-methyl/N-ethyl adjacent to an activating group) is 1. The lowest BCUT2D eigenvalue weighted by Crippen LogP contribution is -2.61. The maximum absolute atomic E-state index is 13.0. The van der Waals surface area contributed by atoms with E-state index in [-0.39, 0.29) is 18.0 Å². The van der Waals surface area contributed by atoms with Gasteiger partial charge in [0, 0.05) is 26.2 Å². The van der Waals surface area contributed by atoms with E-state index in [9.17, 15) is 4.79 Å². The van der Waals surface area contributed by atoms with Gasteiger partial charge in [-0.1, -0.05) is 18.2 Å². The second kappa shape index (κ2) is 5.44. The number of nitrogens with one attached hydrogen (secondary N) is 1. The standard InChI is InChI=1S/C17H21ClN6O/c1-8-6-22(4)7-11-17(25)21-14-12-15(19-9(2)13(14)18)23(5)10(3)20-16(12)24(8)11/h8,11H,3,6-7H2,1-2,4-5H3,(H,21,25). The van der Waals surface area contributed by atoms with Gasteiger partial charge in [0.05, 0.1) is 22.0 Å². The Morgan fingerprint density at radius 2 is 2.04 bits per heavy atom. The van der Waals surface area contributed by atoms with Gasteiger partial charge in [-0.05, 0) is 20.9 Å². The quantitative estimate of drug-likeness (QED) is 0.762. The van der Waals surface area contributed by atoms with Gasteiger partial charge < -0.3 is 20.0 Å². The summed E-state index contributed by atoms with van der Waals surface area (Å²) in [5, 5.41) is 3.49. The smallest absolute Gasteiger partial charge is 0.248 e. The van der Waals surface area contributed by atoms with E-state index in [2.05, 4.69) is 33.6 Å². The minimum absolute atomic E-state index is 0.0709. The molecule has 3 aliphatic heterocycles. The molecule has 1 aromatic rings. The number of pyridine rings is 1. The van der Waals surface area contributed by atoms with Crippen LogP contribution >= 0.6 is 11.6 Å². The molecule has 0 saturated carbocycles. The first-order chi connectivity index (χ1) is 11.8. The summed E-state index contributed by atoms with van der Waals surface area (Å²) < 4.78 is 0. The van der Waals surface area contributed by atoms with Gasteiger partial charge in [-0.15, -0.1) is 0 Å². The first kappa shape index (κ1) is 16.4. The van der Waals surface area contributed by atoms with Crippen molar-refractivity contribution in [2.45, 2.75) is 25.9 Å². The summed E-state index contributed by atoms with van der Waals surface area (Å²) in [5.74, 6) is 1.98. The summed E-state index contributed by atoms with van der Waals surface area (Å²) in [5.41, 5.74) is 2.04. The Morgan fingerprint density at radius 1 is 1.32 bits per heavy atom. The molecule has 0 radical (unpaired) electrons. The van der Waals surface area contributed by atoms with Crippen LogP contribution in [0.1, 0.15) is 18.2 Å². The fourth-order valence-corrected chi connectivity index (χ4v) is 4.06. The number of hydrogen-bond acceptors (Lipinski definition) is 6. The van der Waals surface area contributed by atoms with Gasteiger partial charge in [-0.2, -0.15) is 0 Å². The van der Waals surface area contributed by atoms with Crippen molar-refractivity contribution in [3.63, 3.8) is 0 Å². The van der Waals surface area contributed by atoms with E-state index in [1.807, 2.05) is 25.9 Å². The summed E-state index contributed by atoms with van der Waals surface area (Å²) in [4.78, 5) is 28.4. The van der Waals surface area contributed by atoms with Gasteiger partial charge in [0.25, 0.3) is 0 Å². The van der Waals surface area contributed by atoms with Crippen LogP contribution in [0.2, 0.25) is 5.02 Å². The van der Waals surface area contributed by atoms with Crippen LogP contribution in [0.5, 0.6) is 0 Å². The number of halogens is 1. The summed E-state index contributed by atoms with van der Waals surface area (Å²) >= 11 is 6.51. The molecule has 0 aliphatic carbocycles. The molecule has 4 heterocycles. The highest BCUT2D eigenvalue weighted by atomic mass is 35.5. The zero-order chi connectivity index (χ0) is 18.0. The second-order valence-corrected chi connectivity index (χ2v) is 7.36. The van der Waals surface area contributed by atoms with Gasteiger partial charge in [-0.3, -0.25) is 4.79 Å². The van der Waals surface area contributed by atoms with Crippen molar-refractivity contribution in [1.29, 1.82) is 0 Å². The molecule has 0 spiro atoms. The van der Waals surface area contributed by atoms with E-state index in [4.69, 9.17) is 16.6 Å². The van der Waals surface area contributed by atoms with Gasteiger partial charge in [0.2, 0.25) is 5.91 Å². The molecule has 1 N–H and O–H groups in total. The average Bonchev–Trinajstić information content (AvgIpc) is 2.66. The maximum Gasteiger partial charge on any atom is 0.248 e. The molecule has 1 aromatic heterocycles. The third-order valence-electron chi connectivity index (χ3n) is 5.11. The molecule has 1 amide bonds. The molecule has 1 saturated heterocycles. The van der Waals surface area contributed by atoms with E-state index < -0.39 is 0 Å². The molecule has 2 atom stereocenters. The third kappa shape index (κ3) is 2.26. The number of carbonyl (C=O) groups is 1. The van der Waals surface area contributed by atoms with Crippen LogP contribution in [0.25, 0.3) is 0 Å². The monoisotopic (exact) mass is 360 g/mol. The normalized spacial score (nSPS) is 25.9. The number of aromatic nitrogens is 1. The Labute approximate surface area is 152 Å². The van der Waals surface area contributed by atoms with Crippen LogP contribution in [-0.2, 0) is 4.79 Å². The number of carbonyl (C=O) groups excluding carboxylic acids is 1. The van der Waals surface area contributed by atoms with Crippen molar-refractivity contribution >= 4 is 34.8 Å². The van der Waals surface area contributed by atoms with Gasteiger partial charge in [-0.25, -0.2) is 9.98 Å². The molecule has 2 unspecified atom stereocenters. The predicted molar refractivity (Wildman–Crippen MR) is 99.3 cm³/mol. The highest BCUT2D eigenvalue weighted by Gasteiger charge is 2.44. The highest BCUT2D eigenvalue weighted by Crippen LogP contribution is 2.41. The minimum Gasteiger partial charge on any atom is -0.339 e. The van der Waals surface area contributed by atoms with Crippen molar-refractivity contribution in [2.24, 2.45) is 4.99 Å². The predicted octanol–water partition coefficient (Wildman–Crippen LogP) is 1.67. The Hall–Kier alpha value is -2.12. The minimum atomic E-state index is -0.333. The number of amides is 1. The molecule has 4 rings (SSSR count). The molecular weight excluding hydrogens is 340 g/mol. The molecule has 8 heteroatoms. The lowest BCUT2D eigenvalue weighted by atomic mass is 10.0. The van der Waals surface area contributed by atoms with Crippen LogP contribution in [0.15, 0.2) is 17.4 Å². The largest absolute Gasteiger partial charge is 0.339 e. The van der Waals surface area contributed by atoms with Gasteiger partial charge in [0.1, 0.15) is 23.5 Å². The molecule has 132 valence electrons. The number of anilines is 2. The lowest BCUT2D eigenvalue weighted by Gasteiger charge is -2.45. The zero-order valence-corrected chi connectivity index (χ0v) is 15.6. The van der Waals surface area contributed by atoms with Crippen molar-refractivity contribution in [2.75, 3.05) is 37.4 Å². The second-order valence-electron chi connectivity index (χ2n) is 6.98. The average molecular weight is 361 g/mol. The summed E-state index contributed by atoms with van der Waals surface area (Å²) in [6, 6.07) is -0.205. The molecule has 0 aromatic carbocycles. The number of fused-ring (bicyclic) bond motifs is 2. The molecule has 1 fully saturated rings. The number of amidine groups is 1. The number of nitrogens with zero attached hydrogens (tertiary/aromatic N) is 5. The molecule has 3 aliphatic rings. The first-order valence-corrected chi connectivity index (χ1v) is 8.67. The van der Waals surface area contributed by atoms with Crippen LogP contribution < -0.4 is 10.2 Å². The summed E-state index contributed by atoms with van der Waals surface area (Å²) in [6.07, 6.45) is 0. The first-order valence-electron chi connectivity index (χ1n) is 8.29. The fourth-order valence-electron chi connectivity index (χ4n) is 3.88. The SMILES string of the molecule is C=C1N=C2c3c(nc(C)c(Cl)c3NC(=O)C3CN(C)CC(C)N23)N1C. The van der Waals surface area contributed by atoms with E-state index in [0.29, 0.717) is 28.8 Å². The number of aliphatic imine (C=N–C) groups is 1. The van der Waals surface area contributed by atoms with Crippen LogP contribution in [0, 0.1) is 6.92 Å². The number of piperazine rings is 1. The molecule has 7 nitrogen and oxygen atoms in total. The third-order valence-corrected chi connectivity index (χ3v) is 5.58. The highest BCUT2D eigenvalue weighted by molar-refractivity contribution is 6.36. The van der Waals surface area contributed by atoms with Gasteiger partial charge in [0.15, 0.2) is 0 Å². The van der Waals surface area contributed by atoms with Gasteiger partial charge >= 0.3 is 0 Å². The van der Waals surface area contributed by atoms with Crippen molar-refractivity contribution in [3.8, 4) is 0 Å². The summed E-state index contributed by atoms with van der Waals surface area (Å²) in [6.45, 7) is 9.47. The van der Waals surface area contributed by atoms with E-state index in [1.54, 1.807) is 0 Å². The molecular formula is C17H21ClN6O. The van der Waals surface area contributed by atoms with Crippen LogP contribution in [-0.4, -0.2) is 65.8 Å². The van der Waals surface area contributed by atoms with Crippen LogP contribution in [0.4, 0.5) is 11.5 Å². The Bertz CT molecular complexity index is 835. The number of rotatable bonds is 0. The van der Waals surface area contributed by atoms with E-state index >= 15 is 0 Å². The number of hydrogen-bond donors (Lipinski definition) is 1. The Morgan fingerprint density at radius 3 is 2.76 bits per heavy atom. The fraction of sp³-hybridized carbons (Fsp3) is 0.471. The topological polar surface area (TPSA) is 64.1 Å². The lowest BCUT2D eigenvalue weighted by molar-refractivity contribution is -0.122. The molecule has 25 heavy (non-hydrogen) atoms.